The molecule has 7 heteroatoms. The fourth-order valence-electron chi connectivity index (χ4n) is 4.09. The Labute approximate surface area is 151 Å². The molecule has 0 aromatic rings. The lowest BCUT2D eigenvalue weighted by atomic mass is 9.81. The summed E-state index contributed by atoms with van der Waals surface area (Å²) in [5.74, 6) is -1.61. The number of ether oxygens (including phenoxy) is 4. The summed E-state index contributed by atoms with van der Waals surface area (Å²) in [4.78, 5) is 24.3. The van der Waals surface area contributed by atoms with E-state index in [4.69, 9.17) is 18.9 Å². The van der Waals surface area contributed by atoms with E-state index in [-0.39, 0.29) is 30.3 Å². The Kier molecular flexibility index (Phi) is 4.06. The monoisotopic (exact) mass is 362 g/mol. The molecule has 3 saturated heterocycles. The van der Waals surface area contributed by atoms with E-state index in [9.17, 15) is 14.7 Å². The van der Waals surface area contributed by atoms with Gasteiger partial charge in [0.15, 0.2) is 6.29 Å². The maximum atomic E-state index is 12.2. The van der Waals surface area contributed by atoms with E-state index < -0.39 is 42.0 Å². The fraction of sp³-hybridized carbons (Fsp3) is 0.579. The van der Waals surface area contributed by atoms with Crippen molar-refractivity contribution in [1.82, 2.24) is 0 Å². The second-order valence-electron chi connectivity index (χ2n) is 7.44. The summed E-state index contributed by atoms with van der Waals surface area (Å²) in [6, 6.07) is 0. The largest absolute Gasteiger partial charge is 0.458 e. The van der Waals surface area contributed by atoms with Crippen LogP contribution in [0.1, 0.15) is 26.2 Å². The molecule has 7 nitrogen and oxygen atoms in total. The Hall–Kier alpha value is -1.96. The Balaban J connectivity index is 1.76. The highest BCUT2D eigenvalue weighted by Crippen LogP contribution is 2.51. The standard InChI is InChI=1S/C19H22O7/c1-9(2)16(20)25-13-7-19-14(26-19)5-4-11(8-23-18(19)22)6-12-15(13)10(3)17(21)24-12/h6,12-15,18,22H,1,3-5,7-8H2,2H3/t12-,13+,14+,15+,18?,19+/m1/s1. The molecule has 5 aliphatic rings. The summed E-state index contributed by atoms with van der Waals surface area (Å²) in [6.45, 7) is 9.24. The van der Waals surface area contributed by atoms with Gasteiger partial charge in [-0.1, -0.05) is 13.2 Å². The predicted octanol–water partition coefficient (Wildman–Crippen LogP) is 1.17. The molecule has 4 heterocycles. The predicted molar refractivity (Wildman–Crippen MR) is 88.7 cm³/mol. The lowest BCUT2D eigenvalue weighted by molar-refractivity contribution is -0.163. The van der Waals surface area contributed by atoms with Crippen molar-refractivity contribution >= 4 is 11.9 Å². The molecule has 0 aromatic carbocycles. The first-order chi connectivity index (χ1) is 12.3. The zero-order chi connectivity index (χ0) is 18.6. The minimum Gasteiger partial charge on any atom is -0.458 e. The number of epoxide rings is 1. The lowest BCUT2D eigenvalue weighted by Gasteiger charge is -2.33. The van der Waals surface area contributed by atoms with E-state index in [1.54, 1.807) is 6.92 Å². The summed E-state index contributed by atoms with van der Waals surface area (Å²) in [6.07, 6.45) is 0.815. The van der Waals surface area contributed by atoms with Crippen LogP contribution in [0.3, 0.4) is 0 Å². The third-order valence-electron chi connectivity index (χ3n) is 5.61. The van der Waals surface area contributed by atoms with Crippen LogP contribution in [0.25, 0.3) is 0 Å². The summed E-state index contributed by atoms with van der Waals surface area (Å²) in [5, 5.41) is 10.5. The van der Waals surface area contributed by atoms with E-state index in [1.807, 2.05) is 6.08 Å². The van der Waals surface area contributed by atoms with E-state index in [0.29, 0.717) is 0 Å². The van der Waals surface area contributed by atoms with Crippen molar-refractivity contribution in [1.29, 1.82) is 0 Å². The summed E-state index contributed by atoms with van der Waals surface area (Å²) in [7, 11) is 0. The molecule has 2 bridgehead atoms. The summed E-state index contributed by atoms with van der Waals surface area (Å²) >= 11 is 0. The van der Waals surface area contributed by atoms with Crippen LogP contribution in [0.4, 0.5) is 0 Å². The maximum Gasteiger partial charge on any atom is 0.334 e. The van der Waals surface area contributed by atoms with E-state index in [0.717, 1.165) is 18.4 Å². The molecule has 4 aliphatic heterocycles. The van der Waals surface area contributed by atoms with Crippen LogP contribution in [0, 0.1) is 5.92 Å². The highest BCUT2D eigenvalue weighted by Gasteiger charge is 2.65. The van der Waals surface area contributed by atoms with Gasteiger partial charge in [0.25, 0.3) is 0 Å². The molecule has 0 amide bonds. The van der Waals surface area contributed by atoms with Crippen LogP contribution < -0.4 is 0 Å². The third-order valence-corrected chi connectivity index (χ3v) is 5.61. The fourth-order valence-corrected chi connectivity index (χ4v) is 4.09. The normalized spacial score (nSPS) is 41.3. The van der Waals surface area contributed by atoms with Gasteiger partial charge in [0.2, 0.25) is 0 Å². The highest BCUT2D eigenvalue weighted by atomic mass is 16.7. The molecule has 140 valence electrons. The molecule has 1 N–H and O–H groups in total. The molecule has 1 unspecified atom stereocenters. The van der Waals surface area contributed by atoms with Gasteiger partial charge in [-0.05, 0) is 31.4 Å². The molecule has 1 aliphatic carbocycles. The number of carbonyl (C=O) groups excluding carboxylic acids is 2. The van der Waals surface area contributed by atoms with Crippen molar-refractivity contribution in [2.45, 2.75) is 56.4 Å². The first kappa shape index (κ1) is 17.5. The van der Waals surface area contributed by atoms with Crippen LogP contribution >= 0.6 is 0 Å². The molecule has 3 fully saturated rings. The molecule has 0 saturated carbocycles. The maximum absolute atomic E-state index is 12.2. The highest BCUT2D eigenvalue weighted by molar-refractivity contribution is 5.91. The smallest absolute Gasteiger partial charge is 0.334 e. The number of carbonyl (C=O) groups is 2. The minimum atomic E-state index is -1.13. The first-order valence-corrected chi connectivity index (χ1v) is 8.75. The average molecular weight is 362 g/mol. The number of aliphatic hydroxyl groups excluding tert-OH is 1. The molecule has 0 aromatic heterocycles. The number of esters is 2. The molecule has 5 rings (SSSR count). The van der Waals surface area contributed by atoms with Crippen molar-refractivity contribution in [3.8, 4) is 0 Å². The Bertz CT molecular complexity index is 723. The second-order valence-corrected chi connectivity index (χ2v) is 7.44. The van der Waals surface area contributed by atoms with Crippen molar-refractivity contribution in [3.05, 3.63) is 36.0 Å². The Morgan fingerprint density at radius 1 is 1.46 bits per heavy atom. The number of hydrogen-bond acceptors (Lipinski definition) is 7. The van der Waals surface area contributed by atoms with Gasteiger partial charge in [-0.25, -0.2) is 9.59 Å². The van der Waals surface area contributed by atoms with Gasteiger partial charge in [0, 0.05) is 17.6 Å². The minimum absolute atomic E-state index is 0.185. The molecular formula is C19H22O7. The van der Waals surface area contributed by atoms with Crippen molar-refractivity contribution in [2.75, 3.05) is 6.61 Å². The molecule has 26 heavy (non-hydrogen) atoms. The van der Waals surface area contributed by atoms with Gasteiger partial charge in [-0.2, -0.15) is 0 Å². The van der Waals surface area contributed by atoms with E-state index >= 15 is 0 Å². The summed E-state index contributed by atoms with van der Waals surface area (Å²) in [5.41, 5.74) is 0.475. The number of hydrogen-bond donors (Lipinski definition) is 1. The molecule has 1 spiro atoms. The van der Waals surface area contributed by atoms with Crippen LogP contribution in [0.2, 0.25) is 0 Å². The van der Waals surface area contributed by atoms with Crippen LogP contribution in [-0.4, -0.2) is 53.9 Å². The first-order valence-electron chi connectivity index (χ1n) is 8.75. The molecular weight excluding hydrogens is 340 g/mol. The second kappa shape index (κ2) is 6.04. The average Bonchev–Trinajstić information content (AvgIpc) is 3.20. The van der Waals surface area contributed by atoms with Gasteiger partial charge in [0.05, 0.1) is 18.6 Å². The quantitative estimate of drug-likeness (QED) is 0.341. The van der Waals surface area contributed by atoms with Crippen LogP contribution in [-0.2, 0) is 28.5 Å². The van der Waals surface area contributed by atoms with Gasteiger partial charge in [0.1, 0.15) is 17.8 Å². The van der Waals surface area contributed by atoms with Crippen molar-refractivity contribution in [2.24, 2.45) is 5.92 Å². The topological polar surface area (TPSA) is 94.6 Å². The van der Waals surface area contributed by atoms with E-state index in [2.05, 4.69) is 13.2 Å². The zero-order valence-corrected chi connectivity index (χ0v) is 14.6. The Morgan fingerprint density at radius 3 is 2.96 bits per heavy atom. The SMILES string of the molecule is C=C(C)C(=O)O[C@H]1C[C@]23O[C@H]2CCC(=C[C@H]2OC(=O)C(=C)[C@H]12)COC3O. The lowest BCUT2D eigenvalue weighted by Crippen LogP contribution is -2.45. The molecule has 6 atom stereocenters. The molecule has 0 radical (unpaired) electrons. The van der Waals surface area contributed by atoms with Crippen molar-refractivity contribution in [3.63, 3.8) is 0 Å². The third kappa shape index (κ3) is 2.71. The Morgan fingerprint density at radius 2 is 2.23 bits per heavy atom. The number of aliphatic hydroxyl groups is 1. The zero-order valence-electron chi connectivity index (χ0n) is 14.6. The van der Waals surface area contributed by atoms with Gasteiger partial charge in [-0.3, -0.25) is 0 Å². The number of fused-ring (bicyclic) bond motifs is 4. The summed E-state index contributed by atoms with van der Waals surface area (Å²) < 4.78 is 22.5. The van der Waals surface area contributed by atoms with Gasteiger partial charge in [-0.15, -0.1) is 0 Å². The van der Waals surface area contributed by atoms with Crippen LogP contribution in [0.5, 0.6) is 0 Å². The van der Waals surface area contributed by atoms with Crippen LogP contribution in [0.15, 0.2) is 36.0 Å². The van der Waals surface area contributed by atoms with E-state index in [1.165, 1.54) is 0 Å². The van der Waals surface area contributed by atoms with Crippen molar-refractivity contribution < 1.29 is 33.6 Å². The van der Waals surface area contributed by atoms with Gasteiger partial charge < -0.3 is 24.1 Å². The van der Waals surface area contributed by atoms with Gasteiger partial charge >= 0.3 is 11.9 Å². The number of rotatable bonds is 2.